The number of aromatic hydroxyl groups is 1. The molecule has 0 radical (unpaired) electrons. The predicted molar refractivity (Wildman–Crippen MR) is 59.0 cm³/mol. The zero-order valence-corrected chi connectivity index (χ0v) is 9.10. The van der Waals surface area contributed by atoms with Crippen molar-refractivity contribution in [2.75, 3.05) is 0 Å². The van der Waals surface area contributed by atoms with Gasteiger partial charge in [-0.3, -0.25) is 10.1 Å². The summed E-state index contributed by atoms with van der Waals surface area (Å²) in [5, 5.41) is 20.1. The van der Waals surface area contributed by atoms with E-state index in [4.69, 9.17) is 5.73 Å². The third-order valence-electron chi connectivity index (χ3n) is 2.97. The van der Waals surface area contributed by atoms with Crippen LogP contribution in [-0.4, -0.2) is 10.0 Å². The summed E-state index contributed by atoms with van der Waals surface area (Å²) >= 11 is 0. The summed E-state index contributed by atoms with van der Waals surface area (Å²) in [6.07, 6.45) is 2.77. The van der Waals surface area contributed by atoms with Gasteiger partial charge in [0.05, 0.1) is 11.0 Å². The minimum absolute atomic E-state index is 0.114. The van der Waals surface area contributed by atoms with Crippen molar-refractivity contribution in [2.24, 2.45) is 11.7 Å². The Kier molecular flexibility index (Phi) is 2.97. The van der Waals surface area contributed by atoms with Crippen LogP contribution in [0.2, 0.25) is 0 Å². The quantitative estimate of drug-likeness (QED) is 0.623. The lowest BCUT2D eigenvalue weighted by Crippen LogP contribution is -2.12. The fraction of sp³-hybridized carbons (Fsp3) is 0.455. The van der Waals surface area contributed by atoms with E-state index in [-0.39, 0.29) is 11.3 Å². The van der Waals surface area contributed by atoms with Crippen LogP contribution in [0.3, 0.4) is 0 Å². The number of halogens is 1. The molecule has 1 aliphatic carbocycles. The van der Waals surface area contributed by atoms with Crippen molar-refractivity contribution in [1.29, 1.82) is 0 Å². The van der Waals surface area contributed by atoms with Gasteiger partial charge in [0.15, 0.2) is 11.6 Å². The average Bonchev–Trinajstić information content (AvgIpc) is 3.05. The summed E-state index contributed by atoms with van der Waals surface area (Å²) in [5.41, 5.74) is 5.55. The number of nitrogens with zero attached hydrogens (tertiary/aromatic N) is 1. The maximum atomic E-state index is 13.3. The van der Waals surface area contributed by atoms with E-state index < -0.39 is 22.5 Å². The first-order chi connectivity index (χ1) is 7.99. The maximum absolute atomic E-state index is 13.3. The van der Waals surface area contributed by atoms with Gasteiger partial charge in [-0.15, -0.1) is 0 Å². The molecule has 1 aromatic rings. The number of hydrogen-bond donors (Lipinski definition) is 2. The highest BCUT2D eigenvalue weighted by molar-refractivity contribution is 5.45. The topological polar surface area (TPSA) is 89.4 Å². The maximum Gasteiger partial charge on any atom is 0.272 e. The number of phenolic OH excluding ortho intramolecular Hbond substituents is 1. The van der Waals surface area contributed by atoms with Crippen LogP contribution in [0.1, 0.15) is 30.9 Å². The summed E-state index contributed by atoms with van der Waals surface area (Å²) in [6.45, 7) is 0. The Balaban J connectivity index is 2.32. The van der Waals surface area contributed by atoms with Gasteiger partial charge in [0.1, 0.15) is 0 Å². The molecule has 1 aliphatic rings. The van der Waals surface area contributed by atoms with Crippen molar-refractivity contribution < 1.29 is 14.4 Å². The molecule has 0 saturated heterocycles. The average molecular weight is 240 g/mol. The Morgan fingerprint density at radius 2 is 2.24 bits per heavy atom. The van der Waals surface area contributed by atoms with Gasteiger partial charge >= 0.3 is 0 Å². The highest BCUT2D eigenvalue weighted by Crippen LogP contribution is 2.39. The first-order valence-electron chi connectivity index (χ1n) is 5.41. The summed E-state index contributed by atoms with van der Waals surface area (Å²) in [5.74, 6) is -1.09. The normalized spacial score (nSPS) is 16.8. The van der Waals surface area contributed by atoms with Crippen LogP contribution in [0.5, 0.6) is 5.75 Å². The lowest BCUT2D eigenvalue weighted by Gasteiger charge is -2.13. The van der Waals surface area contributed by atoms with Crippen molar-refractivity contribution in [2.45, 2.75) is 25.3 Å². The molecule has 6 heteroatoms. The van der Waals surface area contributed by atoms with Gasteiger partial charge in [0, 0.05) is 17.7 Å². The van der Waals surface area contributed by atoms with E-state index in [0.29, 0.717) is 18.4 Å². The van der Waals surface area contributed by atoms with Crippen LogP contribution in [0.4, 0.5) is 10.1 Å². The number of hydrogen-bond acceptors (Lipinski definition) is 4. The third-order valence-corrected chi connectivity index (χ3v) is 2.97. The molecule has 0 aliphatic heterocycles. The third kappa shape index (κ3) is 2.52. The van der Waals surface area contributed by atoms with Crippen LogP contribution in [-0.2, 0) is 0 Å². The number of non-ortho nitro benzene ring substituents is 1. The molecule has 17 heavy (non-hydrogen) atoms. The SMILES string of the molecule is N[C@H](CC1CC1)c1cc([N+](=O)[O-])cc(F)c1O. The van der Waals surface area contributed by atoms with E-state index in [1.165, 1.54) is 0 Å². The summed E-state index contributed by atoms with van der Waals surface area (Å²) in [7, 11) is 0. The molecular formula is C11H13FN2O3. The summed E-state index contributed by atoms with van der Waals surface area (Å²) in [6, 6.07) is 1.28. The van der Waals surface area contributed by atoms with Crippen molar-refractivity contribution in [3.05, 3.63) is 33.6 Å². The second-order valence-corrected chi connectivity index (χ2v) is 4.41. The standard InChI is InChI=1S/C11H13FN2O3/c12-9-5-7(14(16)17)4-8(11(9)15)10(13)3-6-1-2-6/h4-6,10,15H,1-3,13H2/t10-/m1/s1. The highest BCUT2D eigenvalue weighted by Gasteiger charge is 2.27. The molecule has 0 heterocycles. The first-order valence-corrected chi connectivity index (χ1v) is 5.41. The largest absolute Gasteiger partial charge is 0.505 e. The van der Waals surface area contributed by atoms with Gasteiger partial charge in [0.25, 0.3) is 5.69 Å². The molecule has 1 atom stereocenters. The fourth-order valence-corrected chi connectivity index (χ4v) is 1.83. The molecule has 3 N–H and O–H groups in total. The molecule has 0 amide bonds. The second-order valence-electron chi connectivity index (χ2n) is 4.41. The van der Waals surface area contributed by atoms with Crippen LogP contribution in [0, 0.1) is 21.8 Å². The monoisotopic (exact) mass is 240 g/mol. The molecule has 5 nitrogen and oxygen atoms in total. The van der Waals surface area contributed by atoms with E-state index in [2.05, 4.69) is 0 Å². The Bertz CT molecular complexity index is 460. The van der Waals surface area contributed by atoms with E-state index >= 15 is 0 Å². The van der Waals surface area contributed by atoms with E-state index in [9.17, 15) is 19.6 Å². The van der Waals surface area contributed by atoms with Gasteiger partial charge in [-0.2, -0.15) is 0 Å². The summed E-state index contributed by atoms with van der Waals surface area (Å²) in [4.78, 5) is 9.89. The van der Waals surface area contributed by atoms with Crippen molar-refractivity contribution in [1.82, 2.24) is 0 Å². The number of nitrogens with two attached hydrogens (primary N) is 1. The van der Waals surface area contributed by atoms with E-state index in [0.717, 1.165) is 18.9 Å². The zero-order valence-electron chi connectivity index (χ0n) is 9.10. The molecular weight excluding hydrogens is 227 g/mol. The molecule has 2 rings (SSSR count). The Labute approximate surface area is 97.2 Å². The van der Waals surface area contributed by atoms with Gasteiger partial charge in [-0.1, -0.05) is 12.8 Å². The Morgan fingerprint density at radius 1 is 1.59 bits per heavy atom. The lowest BCUT2D eigenvalue weighted by atomic mass is 10.0. The van der Waals surface area contributed by atoms with Gasteiger partial charge < -0.3 is 10.8 Å². The second kappa shape index (κ2) is 4.29. The van der Waals surface area contributed by atoms with Gasteiger partial charge in [-0.25, -0.2) is 4.39 Å². The minimum atomic E-state index is -1.000. The smallest absolute Gasteiger partial charge is 0.272 e. The summed E-state index contributed by atoms with van der Waals surface area (Å²) < 4.78 is 13.3. The van der Waals surface area contributed by atoms with Gasteiger partial charge in [-0.05, 0) is 12.3 Å². The number of nitro groups is 1. The van der Waals surface area contributed by atoms with Crippen LogP contribution < -0.4 is 5.73 Å². The molecule has 1 saturated carbocycles. The van der Waals surface area contributed by atoms with Crippen molar-refractivity contribution in [3.63, 3.8) is 0 Å². The number of rotatable bonds is 4. The van der Waals surface area contributed by atoms with E-state index in [1.807, 2.05) is 0 Å². The Morgan fingerprint density at radius 3 is 2.76 bits per heavy atom. The molecule has 1 fully saturated rings. The predicted octanol–water partition coefficient (Wildman–Crippen LogP) is 2.24. The molecule has 0 aromatic heterocycles. The molecule has 0 unspecified atom stereocenters. The Hall–Kier alpha value is -1.69. The molecule has 0 bridgehead atoms. The van der Waals surface area contributed by atoms with Crippen molar-refractivity contribution in [3.8, 4) is 5.75 Å². The highest BCUT2D eigenvalue weighted by atomic mass is 19.1. The van der Waals surface area contributed by atoms with Crippen molar-refractivity contribution >= 4 is 5.69 Å². The minimum Gasteiger partial charge on any atom is -0.505 e. The molecule has 1 aromatic carbocycles. The number of phenols is 1. The zero-order chi connectivity index (χ0) is 12.6. The lowest BCUT2D eigenvalue weighted by molar-refractivity contribution is -0.385. The number of benzene rings is 1. The van der Waals surface area contributed by atoms with Crippen LogP contribution >= 0.6 is 0 Å². The number of nitro benzene ring substituents is 1. The van der Waals surface area contributed by atoms with E-state index in [1.54, 1.807) is 0 Å². The van der Waals surface area contributed by atoms with Crippen LogP contribution in [0.25, 0.3) is 0 Å². The fourth-order valence-electron chi connectivity index (χ4n) is 1.83. The molecule has 92 valence electrons. The first kappa shape index (κ1) is 11.8. The molecule has 0 spiro atoms. The van der Waals surface area contributed by atoms with Gasteiger partial charge in [0.2, 0.25) is 0 Å². The van der Waals surface area contributed by atoms with Crippen LogP contribution in [0.15, 0.2) is 12.1 Å².